The zero-order valence-electron chi connectivity index (χ0n) is 11.5. The highest BCUT2D eigenvalue weighted by atomic mass is 16.4. The van der Waals surface area contributed by atoms with Crippen molar-refractivity contribution >= 4 is 18.0 Å². The molecule has 1 saturated heterocycles. The van der Waals surface area contributed by atoms with Gasteiger partial charge in [0.15, 0.2) is 0 Å². The normalized spacial score (nSPS) is 18.4. The summed E-state index contributed by atoms with van der Waals surface area (Å²) in [7, 11) is 0. The van der Waals surface area contributed by atoms with Crippen LogP contribution in [0.25, 0.3) is 6.08 Å². The average Bonchev–Trinajstić information content (AvgIpc) is 2.52. The van der Waals surface area contributed by atoms with E-state index in [1.165, 1.54) is 11.0 Å². The Balaban J connectivity index is 2.10. The Morgan fingerprint density at radius 1 is 1.38 bits per heavy atom. The average molecular weight is 284 g/mol. The number of carbonyl (C=O) groups is 2. The van der Waals surface area contributed by atoms with Crippen LogP contribution in [-0.4, -0.2) is 34.5 Å². The molecule has 0 aromatic heterocycles. The predicted molar refractivity (Wildman–Crippen MR) is 77.2 cm³/mol. The molecule has 1 N–H and O–H groups in total. The number of likely N-dealkylation sites (tertiary alicyclic amines) is 1. The van der Waals surface area contributed by atoms with Crippen LogP contribution in [0.3, 0.4) is 0 Å². The Kier molecular flexibility index (Phi) is 4.72. The number of nitrogens with zero attached hydrogens (tertiary/aromatic N) is 2. The first-order valence-electron chi connectivity index (χ1n) is 6.83. The molecule has 1 aliphatic heterocycles. The lowest BCUT2D eigenvalue weighted by Crippen LogP contribution is -2.47. The van der Waals surface area contributed by atoms with Crippen molar-refractivity contribution in [1.29, 1.82) is 5.26 Å². The van der Waals surface area contributed by atoms with Crippen molar-refractivity contribution < 1.29 is 14.7 Å². The fourth-order valence-electron chi connectivity index (χ4n) is 2.43. The van der Waals surface area contributed by atoms with Gasteiger partial charge >= 0.3 is 5.97 Å². The molecule has 1 aromatic carbocycles. The Hall–Kier alpha value is -2.61. The van der Waals surface area contributed by atoms with E-state index in [9.17, 15) is 9.59 Å². The van der Waals surface area contributed by atoms with Crippen molar-refractivity contribution in [2.24, 2.45) is 0 Å². The minimum atomic E-state index is -0.956. The fourth-order valence-corrected chi connectivity index (χ4v) is 2.43. The summed E-state index contributed by atoms with van der Waals surface area (Å²) in [5.74, 6) is -1.26. The van der Waals surface area contributed by atoms with Gasteiger partial charge in [-0.05, 0) is 43.0 Å². The second-order valence-electron chi connectivity index (χ2n) is 4.95. The molecule has 108 valence electrons. The minimum absolute atomic E-state index is 0.301. The van der Waals surface area contributed by atoms with Crippen molar-refractivity contribution in [3.8, 4) is 6.07 Å². The second kappa shape index (κ2) is 6.71. The van der Waals surface area contributed by atoms with Crippen LogP contribution in [0.4, 0.5) is 0 Å². The van der Waals surface area contributed by atoms with Crippen molar-refractivity contribution in [2.75, 3.05) is 6.54 Å². The molecule has 0 radical (unpaired) electrons. The van der Waals surface area contributed by atoms with E-state index in [-0.39, 0.29) is 5.91 Å². The highest BCUT2D eigenvalue weighted by Crippen LogP contribution is 2.18. The van der Waals surface area contributed by atoms with Gasteiger partial charge in [0, 0.05) is 12.6 Å². The number of carboxylic acids is 1. The molecule has 21 heavy (non-hydrogen) atoms. The number of benzene rings is 1. The number of carbonyl (C=O) groups excluding carboxylic acids is 1. The van der Waals surface area contributed by atoms with E-state index in [2.05, 4.69) is 0 Å². The number of hydrogen-bond donors (Lipinski definition) is 1. The molecule has 0 saturated carbocycles. The minimum Gasteiger partial charge on any atom is -0.480 e. The molecule has 5 heteroatoms. The largest absolute Gasteiger partial charge is 0.480 e. The molecule has 0 bridgehead atoms. The summed E-state index contributed by atoms with van der Waals surface area (Å²) < 4.78 is 0. The topological polar surface area (TPSA) is 81.4 Å². The summed E-state index contributed by atoms with van der Waals surface area (Å²) in [6.45, 7) is 0.471. The molecule has 2 rings (SSSR count). The number of carboxylic acid groups (broad SMARTS) is 1. The summed E-state index contributed by atoms with van der Waals surface area (Å²) in [6.07, 6.45) is 5.13. The van der Waals surface area contributed by atoms with E-state index >= 15 is 0 Å². The highest BCUT2D eigenvalue weighted by molar-refractivity contribution is 5.94. The SMILES string of the molecule is N#Cc1cccc(C=CC(=O)N2CCCC[C@H]2C(=O)O)c1. The predicted octanol–water partition coefficient (Wildman–Crippen LogP) is 2.04. The fraction of sp³-hybridized carbons (Fsp3) is 0.312. The second-order valence-corrected chi connectivity index (χ2v) is 4.95. The first kappa shape index (κ1) is 14.8. The third-order valence-electron chi connectivity index (χ3n) is 3.51. The van der Waals surface area contributed by atoms with Crippen LogP contribution in [-0.2, 0) is 9.59 Å². The maximum absolute atomic E-state index is 12.2. The smallest absolute Gasteiger partial charge is 0.326 e. The summed E-state index contributed by atoms with van der Waals surface area (Å²) in [5.41, 5.74) is 1.26. The van der Waals surface area contributed by atoms with E-state index in [0.717, 1.165) is 18.4 Å². The van der Waals surface area contributed by atoms with Crippen molar-refractivity contribution in [2.45, 2.75) is 25.3 Å². The molecule has 1 aliphatic rings. The third-order valence-corrected chi connectivity index (χ3v) is 3.51. The lowest BCUT2D eigenvalue weighted by molar-refractivity contribution is -0.150. The van der Waals surface area contributed by atoms with Crippen molar-refractivity contribution in [3.05, 3.63) is 41.5 Å². The molecular formula is C16H16N2O3. The number of amides is 1. The molecule has 1 atom stereocenters. The summed E-state index contributed by atoms with van der Waals surface area (Å²) >= 11 is 0. The Morgan fingerprint density at radius 2 is 2.19 bits per heavy atom. The van der Waals surface area contributed by atoms with Crippen molar-refractivity contribution in [1.82, 2.24) is 4.90 Å². The monoisotopic (exact) mass is 284 g/mol. The van der Waals surface area contributed by atoms with Gasteiger partial charge in [-0.2, -0.15) is 5.26 Å². The van der Waals surface area contributed by atoms with Gasteiger partial charge < -0.3 is 10.0 Å². The molecule has 0 aliphatic carbocycles. The van der Waals surface area contributed by atoms with E-state index in [1.807, 2.05) is 6.07 Å². The van der Waals surface area contributed by atoms with Gasteiger partial charge in [0.2, 0.25) is 5.91 Å². The molecule has 1 amide bonds. The number of nitriles is 1. The maximum atomic E-state index is 12.2. The maximum Gasteiger partial charge on any atom is 0.326 e. The molecule has 1 heterocycles. The van der Waals surface area contributed by atoms with Crippen LogP contribution in [0.2, 0.25) is 0 Å². The highest BCUT2D eigenvalue weighted by Gasteiger charge is 2.30. The lowest BCUT2D eigenvalue weighted by atomic mass is 10.0. The zero-order valence-corrected chi connectivity index (χ0v) is 11.5. The van der Waals surface area contributed by atoms with Crippen LogP contribution in [0.5, 0.6) is 0 Å². The number of hydrogen-bond acceptors (Lipinski definition) is 3. The van der Waals surface area contributed by atoms with E-state index in [4.69, 9.17) is 10.4 Å². The standard InChI is InChI=1S/C16H16N2O3/c17-11-13-5-3-4-12(10-13)7-8-15(19)18-9-2-1-6-14(18)16(20)21/h3-5,7-8,10,14H,1-2,6,9H2,(H,20,21)/t14-/m0/s1. The van der Waals surface area contributed by atoms with E-state index in [1.54, 1.807) is 30.3 Å². The number of aliphatic carboxylic acids is 1. The molecule has 0 spiro atoms. The number of piperidine rings is 1. The molecule has 0 unspecified atom stereocenters. The Labute approximate surface area is 123 Å². The zero-order chi connectivity index (χ0) is 15.2. The van der Waals surface area contributed by atoms with Gasteiger partial charge in [-0.1, -0.05) is 12.1 Å². The molecule has 5 nitrogen and oxygen atoms in total. The molecular weight excluding hydrogens is 268 g/mol. The summed E-state index contributed by atoms with van der Waals surface area (Å²) in [5, 5.41) is 18.0. The van der Waals surface area contributed by atoms with Gasteiger partial charge in [0.1, 0.15) is 6.04 Å². The van der Waals surface area contributed by atoms with Crippen LogP contribution < -0.4 is 0 Å². The third kappa shape index (κ3) is 3.69. The summed E-state index contributed by atoms with van der Waals surface area (Å²) in [6, 6.07) is 8.19. The van der Waals surface area contributed by atoms with Gasteiger partial charge in [0.25, 0.3) is 0 Å². The lowest BCUT2D eigenvalue weighted by Gasteiger charge is -2.32. The van der Waals surface area contributed by atoms with Gasteiger partial charge in [0.05, 0.1) is 11.6 Å². The van der Waals surface area contributed by atoms with Crippen LogP contribution >= 0.6 is 0 Å². The van der Waals surface area contributed by atoms with Gasteiger partial charge in [-0.15, -0.1) is 0 Å². The quantitative estimate of drug-likeness (QED) is 0.861. The van der Waals surface area contributed by atoms with Gasteiger partial charge in [-0.25, -0.2) is 4.79 Å². The molecule has 1 fully saturated rings. The van der Waals surface area contributed by atoms with Crippen LogP contribution in [0.1, 0.15) is 30.4 Å². The van der Waals surface area contributed by atoms with Crippen LogP contribution in [0.15, 0.2) is 30.3 Å². The first-order chi connectivity index (χ1) is 10.1. The Morgan fingerprint density at radius 3 is 2.90 bits per heavy atom. The van der Waals surface area contributed by atoms with E-state index in [0.29, 0.717) is 18.5 Å². The van der Waals surface area contributed by atoms with Gasteiger partial charge in [-0.3, -0.25) is 4.79 Å². The molecule has 1 aromatic rings. The van der Waals surface area contributed by atoms with Crippen LogP contribution in [0, 0.1) is 11.3 Å². The van der Waals surface area contributed by atoms with E-state index < -0.39 is 12.0 Å². The summed E-state index contributed by atoms with van der Waals surface area (Å²) in [4.78, 5) is 24.7. The van der Waals surface area contributed by atoms with Crippen molar-refractivity contribution in [3.63, 3.8) is 0 Å². The Bertz CT molecular complexity index is 616. The first-order valence-corrected chi connectivity index (χ1v) is 6.83. The number of rotatable bonds is 3.